The van der Waals surface area contributed by atoms with E-state index >= 15 is 0 Å². The summed E-state index contributed by atoms with van der Waals surface area (Å²) in [6.45, 7) is 13.1. The molecular formula is C96H62O4. The summed E-state index contributed by atoms with van der Waals surface area (Å²) < 4.78 is 27.1. The van der Waals surface area contributed by atoms with Gasteiger partial charge in [0.15, 0.2) is 0 Å². The third-order valence-electron chi connectivity index (χ3n) is 21.4. The van der Waals surface area contributed by atoms with E-state index in [1.807, 2.05) is 31.2 Å². The lowest BCUT2D eigenvalue weighted by atomic mass is 9.82. The summed E-state index contributed by atoms with van der Waals surface area (Å²) in [7, 11) is 0. The third kappa shape index (κ3) is 8.80. The highest BCUT2D eigenvalue weighted by molar-refractivity contribution is 6.30. The normalized spacial score (nSPS) is 13.4. The van der Waals surface area contributed by atoms with Gasteiger partial charge in [-0.2, -0.15) is 0 Å². The van der Waals surface area contributed by atoms with Crippen LogP contribution in [0.2, 0.25) is 0 Å². The molecule has 0 amide bonds. The van der Waals surface area contributed by atoms with Crippen molar-refractivity contribution in [3.63, 3.8) is 0 Å². The maximum absolute atomic E-state index is 7.02. The van der Waals surface area contributed by atoms with Crippen LogP contribution in [0.15, 0.2) is 333 Å². The Kier molecular flexibility index (Phi) is 12.9. The van der Waals surface area contributed by atoms with E-state index in [1.165, 1.54) is 65.7 Å². The summed E-state index contributed by atoms with van der Waals surface area (Å²) in [5, 5.41) is 22.6. The van der Waals surface area contributed by atoms with Gasteiger partial charge in [0.2, 0.25) is 0 Å². The number of furan rings is 4. The summed E-state index contributed by atoms with van der Waals surface area (Å²) >= 11 is 0. The molecule has 15 aromatic carbocycles. The van der Waals surface area contributed by atoms with Crippen molar-refractivity contribution < 1.29 is 17.7 Å². The predicted molar refractivity (Wildman–Crippen MR) is 424 cm³/mol. The molecule has 4 nitrogen and oxygen atoms in total. The first-order valence-corrected chi connectivity index (χ1v) is 34.5. The summed E-state index contributed by atoms with van der Waals surface area (Å²) in [4.78, 5) is 0. The lowest BCUT2D eigenvalue weighted by molar-refractivity contribution is 0.667. The van der Waals surface area contributed by atoms with E-state index in [1.54, 1.807) is 0 Å². The van der Waals surface area contributed by atoms with Crippen molar-refractivity contribution in [1.82, 2.24) is 0 Å². The minimum Gasteiger partial charge on any atom is -0.456 e. The second kappa shape index (κ2) is 22.4. The van der Waals surface area contributed by atoms with Crippen molar-refractivity contribution in [2.24, 2.45) is 0 Å². The molecule has 0 saturated heterocycles. The average Bonchev–Trinajstić information content (AvgIpc) is 1.42. The Morgan fingerprint density at radius 3 is 1.49 bits per heavy atom. The molecule has 0 unspecified atom stereocenters. The zero-order valence-electron chi connectivity index (χ0n) is 55.2. The molecule has 470 valence electrons. The number of hydrogen-bond acceptors (Lipinski definition) is 4. The highest BCUT2D eigenvalue weighted by Gasteiger charge is 2.25. The molecule has 0 fully saturated rings. The maximum Gasteiger partial charge on any atom is 0.144 e. The number of rotatable bonds is 10. The van der Waals surface area contributed by atoms with Gasteiger partial charge in [-0.1, -0.05) is 244 Å². The van der Waals surface area contributed by atoms with Gasteiger partial charge in [-0.05, 0) is 214 Å². The Bertz CT molecular complexity index is 6880. The van der Waals surface area contributed by atoms with E-state index in [-0.39, 0.29) is 0 Å². The van der Waals surface area contributed by atoms with E-state index in [0.29, 0.717) is 0 Å². The monoisotopic (exact) mass is 1280 g/mol. The van der Waals surface area contributed by atoms with Crippen molar-refractivity contribution in [3.05, 3.63) is 332 Å². The Morgan fingerprint density at radius 2 is 0.840 bits per heavy atom. The molecule has 0 spiro atoms. The van der Waals surface area contributed by atoms with Gasteiger partial charge < -0.3 is 17.7 Å². The van der Waals surface area contributed by atoms with E-state index in [9.17, 15) is 0 Å². The molecule has 0 aliphatic heterocycles. The highest BCUT2D eigenvalue weighted by Crippen LogP contribution is 2.50. The zero-order valence-corrected chi connectivity index (χ0v) is 55.2. The van der Waals surface area contributed by atoms with Crippen molar-refractivity contribution in [2.45, 2.75) is 26.7 Å². The summed E-state index contributed by atoms with van der Waals surface area (Å²) in [6.07, 6.45) is 16.9. The first-order chi connectivity index (χ1) is 49.3. The molecule has 100 heavy (non-hydrogen) atoms. The molecule has 0 bridgehead atoms. The number of fused-ring (bicyclic) bond motifs is 21. The highest BCUT2D eigenvalue weighted by atomic mass is 16.3. The second-order valence-electron chi connectivity index (χ2n) is 26.9. The average molecular weight is 1280 g/mol. The largest absolute Gasteiger partial charge is 0.456 e. The van der Waals surface area contributed by atoms with E-state index in [2.05, 4.69) is 287 Å². The van der Waals surface area contributed by atoms with Crippen LogP contribution >= 0.6 is 0 Å². The molecular weight excluding hydrogens is 1220 g/mol. The van der Waals surface area contributed by atoms with E-state index < -0.39 is 0 Å². The number of allylic oxidation sites excluding steroid dienone is 12. The van der Waals surface area contributed by atoms with Crippen LogP contribution in [0.1, 0.15) is 43.4 Å². The molecule has 0 N–H and O–H groups in total. The fourth-order valence-electron chi connectivity index (χ4n) is 16.5. The zero-order chi connectivity index (χ0) is 66.4. The first kappa shape index (κ1) is 57.5. The number of para-hydroxylation sites is 2. The standard InChI is InChI=1S/C96H62O4/c1-5-6-18-55(2)56(3)31-32-57(4)88-68-20-7-9-22-70(68)90(71-23-10-8-21-69(71)88)65-45-49-85-82(53-65)77-46-41-62-43-50-86-93(92(62)96(77)99-85)78-29-17-28-66(94(78)100-86)60-37-33-58(34-38-60)59-35-39-61(40-36-59)89-72-24-11-13-26-74(72)91(75-27-14-12-25-73(75)89)64-44-48-84-81(52-64)76-47-42-63-51-80-67-19-15-16-30-83(67)97-87(80)54-79(63)95(76)98-84/h5-35,37-39,41-54H,3-4,36,40H2,1-2H3/b6-5-,32-31-,55-18+. The van der Waals surface area contributed by atoms with Gasteiger partial charge >= 0.3 is 0 Å². The molecule has 19 aromatic rings. The predicted octanol–water partition coefficient (Wildman–Crippen LogP) is 28.1. The lowest BCUT2D eigenvalue weighted by Gasteiger charge is -2.21. The van der Waals surface area contributed by atoms with Gasteiger partial charge in [0.1, 0.15) is 44.7 Å². The minimum atomic E-state index is 0.828. The van der Waals surface area contributed by atoms with E-state index in [0.717, 1.165) is 177 Å². The van der Waals surface area contributed by atoms with Gasteiger partial charge in [0.25, 0.3) is 0 Å². The van der Waals surface area contributed by atoms with Crippen molar-refractivity contribution >= 4 is 169 Å². The van der Waals surface area contributed by atoms with Crippen LogP contribution in [0.25, 0.3) is 202 Å². The Labute approximate surface area is 575 Å². The Hall–Kier alpha value is -12.8. The Balaban J connectivity index is 0.627. The van der Waals surface area contributed by atoms with Crippen LogP contribution in [0, 0.1) is 0 Å². The van der Waals surface area contributed by atoms with E-state index in [4.69, 9.17) is 17.7 Å². The lowest BCUT2D eigenvalue weighted by Crippen LogP contribution is -1.97. The molecule has 4 heterocycles. The topological polar surface area (TPSA) is 52.6 Å². The van der Waals surface area contributed by atoms with Crippen LogP contribution in [0.4, 0.5) is 0 Å². The van der Waals surface area contributed by atoms with Crippen molar-refractivity contribution in [3.8, 4) is 33.4 Å². The van der Waals surface area contributed by atoms with Gasteiger partial charge in [-0.3, -0.25) is 0 Å². The SMILES string of the molecule is C=C(/C=C\C(=C)c1c2ccccc2c(-c2ccc3oc4c(ccc5ccc6oc7c(-c8ccc(C9=CC=C(c%10c%11ccccc%11c(-c%11ccc%12oc%13c%14cc%15oc%16ccccc%16c%15cc%14ccc%13c%12c%11)c%11ccccc%10%11)CC9)cc8)cccc7c6c54)c3c2)c2ccccc12)/C(C)=C/C=C\C. The number of benzene rings is 15. The van der Waals surface area contributed by atoms with Crippen molar-refractivity contribution in [2.75, 3.05) is 0 Å². The van der Waals surface area contributed by atoms with Gasteiger partial charge in [0, 0.05) is 59.4 Å². The molecule has 0 radical (unpaired) electrons. The van der Waals surface area contributed by atoms with Gasteiger partial charge in [-0.15, -0.1) is 0 Å². The van der Waals surface area contributed by atoms with Gasteiger partial charge in [-0.25, -0.2) is 0 Å². The Morgan fingerprint density at radius 1 is 0.340 bits per heavy atom. The van der Waals surface area contributed by atoms with Gasteiger partial charge in [0.05, 0.1) is 0 Å². The summed E-state index contributed by atoms with van der Waals surface area (Å²) in [5.41, 5.74) is 23.0. The van der Waals surface area contributed by atoms with Crippen LogP contribution in [0.5, 0.6) is 0 Å². The second-order valence-corrected chi connectivity index (χ2v) is 26.9. The minimum absolute atomic E-state index is 0.828. The van der Waals surface area contributed by atoms with Crippen LogP contribution < -0.4 is 0 Å². The molecule has 4 heteroatoms. The fraction of sp³-hybridized carbons (Fsp3) is 0.0417. The molecule has 20 rings (SSSR count). The smallest absolute Gasteiger partial charge is 0.144 e. The third-order valence-corrected chi connectivity index (χ3v) is 21.4. The quantitative estimate of drug-likeness (QED) is 0.101. The summed E-state index contributed by atoms with van der Waals surface area (Å²) in [6, 6.07) is 90.2. The van der Waals surface area contributed by atoms with Crippen LogP contribution in [0.3, 0.4) is 0 Å². The van der Waals surface area contributed by atoms with Crippen LogP contribution in [-0.4, -0.2) is 0 Å². The molecule has 0 saturated carbocycles. The number of hydrogen-bond donors (Lipinski definition) is 0. The molecule has 4 aromatic heterocycles. The fourth-order valence-corrected chi connectivity index (χ4v) is 16.5. The molecule has 1 aliphatic rings. The summed E-state index contributed by atoms with van der Waals surface area (Å²) in [5.74, 6) is 0. The maximum atomic E-state index is 7.02. The van der Waals surface area contributed by atoms with Crippen molar-refractivity contribution in [1.29, 1.82) is 0 Å². The van der Waals surface area contributed by atoms with Crippen LogP contribution in [-0.2, 0) is 0 Å². The molecule has 1 aliphatic carbocycles. The first-order valence-electron chi connectivity index (χ1n) is 34.5. The molecule has 0 atom stereocenters.